The average molecular weight is 499 g/mol. The van der Waals surface area contributed by atoms with Gasteiger partial charge in [-0.3, -0.25) is 9.69 Å². The van der Waals surface area contributed by atoms with E-state index >= 15 is 0 Å². The van der Waals surface area contributed by atoms with Crippen LogP contribution in [0.4, 0.5) is 8.78 Å². The van der Waals surface area contributed by atoms with Crippen molar-refractivity contribution in [2.24, 2.45) is 0 Å². The van der Waals surface area contributed by atoms with E-state index in [0.717, 1.165) is 12.0 Å². The smallest absolute Gasteiger partial charge is 0.253 e. The van der Waals surface area contributed by atoms with Crippen LogP contribution in [0.3, 0.4) is 0 Å². The van der Waals surface area contributed by atoms with Crippen molar-refractivity contribution in [3.8, 4) is 0 Å². The Balaban J connectivity index is 1.40. The monoisotopic (exact) mass is 498 g/mol. The van der Waals surface area contributed by atoms with Gasteiger partial charge in [0.15, 0.2) is 0 Å². The van der Waals surface area contributed by atoms with E-state index in [1.54, 1.807) is 12.1 Å². The van der Waals surface area contributed by atoms with E-state index in [4.69, 9.17) is 16.3 Å². The largest absolute Gasteiger partial charge is 0.367 e. The zero-order chi connectivity index (χ0) is 24.8. The lowest BCUT2D eigenvalue weighted by Crippen LogP contribution is -2.49. The van der Waals surface area contributed by atoms with E-state index in [9.17, 15) is 13.6 Å². The maximum atomic E-state index is 14.1. The summed E-state index contributed by atoms with van der Waals surface area (Å²) in [7, 11) is 0. The summed E-state index contributed by atoms with van der Waals surface area (Å²) in [6.45, 7) is 5.00. The Hall–Kier alpha value is -2.80. The first kappa shape index (κ1) is 25.3. The minimum Gasteiger partial charge on any atom is -0.367 e. The normalized spacial score (nSPS) is 15.3. The second kappa shape index (κ2) is 11.8. The molecule has 4 nitrogen and oxygen atoms in total. The summed E-state index contributed by atoms with van der Waals surface area (Å²) in [6, 6.07) is 18.8. The molecule has 7 heteroatoms. The fourth-order valence-electron chi connectivity index (χ4n) is 4.22. The standard InChI is InChI=1S/C28H29ClF2N2O2/c1-2-20-6-8-22(9-7-20)28(34)33-16-14-32(15-17-33)18-27(21-10-12-23(29)13-11-21)35-19-24-25(30)4-3-5-26(24)31/h3-13,27H,2,14-19H2,1H3/t27-/m1/s1. The molecule has 0 radical (unpaired) electrons. The van der Waals surface area contributed by atoms with E-state index in [2.05, 4.69) is 11.8 Å². The van der Waals surface area contributed by atoms with Crippen molar-refractivity contribution in [3.63, 3.8) is 0 Å². The lowest BCUT2D eigenvalue weighted by molar-refractivity contribution is 0.00145. The maximum absolute atomic E-state index is 14.1. The Kier molecular flexibility index (Phi) is 8.50. The fraction of sp³-hybridized carbons (Fsp3) is 0.321. The molecule has 3 aromatic carbocycles. The predicted octanol–water partition coefficient (Wildman–Crippen LogP) is 5.90. The Morgan fingerprint density at radius 1 is 0.943 bits per heavy atom. The number of benzene rings is 3. The van der Waals surface area contributed by atoms with Gasteiger partial charge in [0.1, 0.15) is 11.6 Å². The zero-order valence-corrected chi connectivity index (χ0v) is 20.5. The van der Waals surface area contributed by atoms with Gasteiger partial charge in [0, 0.05) is 48.9 Å². The summed E-state index contributed by atoms with van der Waals surface area (Å²) >= 11 is 6.05. The minimum atomic E-state index is -0.626. The molecule has 35 heavy (non-hydrogen) atoms. The minimum absolute atomic E-state index is 0.0350. The molecule has 1 aliphatic rings. The van der Waals surface area contributed by atoms with Crippen LogP contribution in [0.15, 0.2) is 66.7 Å². The molecule has 1 amide bonds. The van der Waals surface area contributed by atoms with E-state index in [0.29, 0.717) is 43.3 Å². The van der Waals surface area contributed by atoms with Gasteiger partial charge in [0.2, 0.25) is 0 Å². The Morgan fingerprint density at radius 3 is 2.17 bits per heavy atom. The van der Waals surface area contributed by atoms with E-state index < -0.39 is 17.7 Å². The van der Waals surface area contributed by atoms with Gasteiger partial charge in [-0.05, 0) is 53.9 Å². The highest BCUT2D eigenvalue weighted by molar-refractivity contribution is 6.30. The van der Waals surface area contributed by atoms with Gasteiger partial charge in [0.05, 0.1) is 12.7 Å². The van der Waals surface area contributed by atoms with Crippen LogP contribution in [0.1, 0.15) is 40.1 Å². The van der Waals surface area contributed by atoms with Gasteiger partial charge in [-0.25, -0.2) is 8.78 Å². The number of carbonyl (C=O) groups excluding carboxylic acids is 1. The third-order valence-electron chi connectivity index (χ3n) is 6.42. The first-order chi connectivity index (χ1) is 16.9. The molecule has 0 saturated carbocycles. The topological polar surface area (TPSA) is 32.8 Å². The van der Waals surface area contributed by atoms with E-state index in [-0.39, 0.29) is 18.1 Å². The Morgan fingerprint density at radius 2 is 1.57 bits per heavy atom. The number of carbonyl (C=O) groups is 1. The molecule has 0 spiro atoms. The van der Waals surface area contributed by atoms with Crippen LogP contribution in [-0.4, -0.2) is 48.4 Å². The van der Waals surface area contributed by atoms with Crippen molar-refractivity contribution in [3.05, 3.63) is 106 Å². The van der Waals surface area contributed by atoms with Crippen LogP contribution in [0.5, 0.6) is 0 Å². The zero-order valence-electron chi connectivity index (χ0n) is 19.7. The van der Waals surface area contributed by atoms with Crippen molar-refractivity contribution < 1.29 is 18.3 Å². The summed E-state index contributed by atoms with van der Waals surface area (Å²) in [4.78, 5) is 17.0. The van der Waals surface area contributed by atoms with Crippen molar-refractivity contribution in [2.45, 2.75) is 26.1 Å². The van der Waals surface area contributed by atoms with Gasteiger partial charge in [-0.2, -0.15) is 0 Å². The number of halogens is 3. The molecule has 0 N–H and O–H groups in total. The molecular formula is C28H29ClF2N2O2. The molecule has 0 aliphatic carbocycles. The van der Waals surface area contributed by atoms with Crippen molar-refractivity contribution in [1.29, 1.82) is 0 Å². The van der Waals surface area contributed by atoms with Gasteiger partial charge in [0.25, 0.3) is 5.91 Å². The third-order valence-corrected chi connectivity index (χ3v) is 6.68. The highest BCUT2D eigenvalue weighted by Crippen LogP contribution is 2.25. The number of hydrogen-bond donors (Lipinski definition) is 0. The van der Waals surface area contributed by atoms with E-state index in [1.165, 1.54) is 23.8 Å². The van der Waals surface area contributed by atoms with Gasteiger partial charge in [-0.1, -0.05) is 48.9 Å². The number of ether oxygens (including phenoxy) is 1. The molecular weight excluding hydrogens is 470 g/mol. The van der Waals surface area contributed by atoms with Crippen LogP contribution in [0.25, 0.3) is 0 Å². The number of nitrogens with zero attached hydrogens (tertiary/aromatic N) is 2. The third kappa shape index (κ3) is 6.45. The quantitative estimate of drug-likeness (QED) is 0.388. The molecule has 0 aromatic heterocycles. The highest BCUT2D eigenvalue weighted by Gasteiger charge is 2.25. The van der Waals surface area contributed by atoms with E-state index in [1.807, 2.05) is 41.3 Å². The first-order valence-corrected chi connectivity index (χ1v) is 12.2. The Labute approximate surface area is 210 Å². The fourth-order valence-corrected chi connectivity index (χ4v) is 4.35. The first-order valence-electron chi connectivity index (χ1n) is 11.8. The molecule has 1 atom stereocenters. The molecule has 1 aliphatic heterocycles. The number of rotatable bonds is 8. The Bertz CT molecular complexity index is 1110. The SMILES string of the molecule is CCc1ccc(C(=O)N2CCN(C[C@@H](OCc3c(F)cccc3F)c3ccc(Cl)cc3)CC2)cc1. The molecule has 1 saturated heterocycles. The van der Waals surface area contributed by atoms with Crippen LogP contribution in [0, 0.1) is 11.6 Å². The summed E-state index contributed by atoms with van der Waals surface area (Å²) in [5.74, 6) is -1.22. The second-order valence-corrected chi connectivity index (χ2v) is 9.13. The average Bonchev–Trinajstić information content (AvgIpc) is 2.88. The summed E-state index contributed by atoms with van der Waals surface area (Å²) in [5.41, 5.74) is 2.69. The number of piperazine rings is 1. The summed E-state index contributed by atoms with van der Waals surface area (Å²) in [5, 5.41) is 0.603. The molecule has 4 rings (SSSR count). The lowest BCUT2D eigenvalue weighted by atomic mass is 10.1. The maximum Gasteiger partial charge on any atom is 0.253 e. The molecule has 0 unspecified atom stereocenters. The van der Waals surface area contributed by atoms with Crippen molar-refractivity contribution in [1.82, 2.24) is 9.80 Å². The van der Waals surface area contributed by atoms with Crippen LogP contribution < -0.4 is 0 Å². The molecule has 1 heterocycles. The van der Waals surface area contributed by atoms with Gasteiger partial charge in [-0.15, -0.1) is 0 Å². The summed E-state index contributed by atoms with van der Waals surface area (Å²) in [6.07, 6.45) is 0.531. The number of aryl methyl sites for hydroxylation is 1. The van der Waals surface area contributed by atoms with Gasteiger partial charge >= 0.3 is 0 Å². The number of amides is 1. The lowest BCUT2D eigenvalue weighted by Gasteiger charge is -2.36. The molecule has 3 aromatic rings. The van der Waals surface area contributed by atoms with Crippen molar-refractivity contribution in [2.75, 3.05) is 32.7 Å². The predicted molar refractivity (Wildman–Crippen MR) is 134 cm³/mol. The van der Waals surface area contributed by atoms with Crippen LogP contribution >= 0.6 is 11.6 Å². The second-order valence-electron chi connectivity index (χ2n) is 8.69. The van der Waals surface area contributed by atoms with Crippen LogP contribution in [-0.2, 0) is 17.8 Å². The molecule has 0 bridgehead atoms. The molecule has 1 fully saturated rings. The highest BCUT2D eigenvalue weighted by atomic mass is 35.5. The van der Waals surface area contributed by atoms with Crippen molar-refractivity contribution >= 4 is 17.5 Å². The number of hydrogen-bond acceptors (Lipinski definition) is 3. The summed E-state index contributed by atoms with van der Waals surface area (Å²) < 4.78 is 34.3. The van der Waals surface area contributed by atoms with Gasteiger partial charge < -0.3 is 9.64 Å². The van der Waals surface area contributed by atoms with Crippen LogP contribution in [0.2, 0.25) is 5.02 Å². The molecule has 184 valence electrons.